The van der Waals surface area contributed by atoms with Crippen LogP contribution >= 0.6 is 23.2 Å². The number of alkyl halides is 3. The fourth-order valence-corrected chi connectivity index (χ4v) is 1.21. The average molecular weight is 272 g/mol. The van der Waals surface area contributed by atoms with Crippen LogP contribution < -0.4 is 4.74 Å². The first-order valence-electron chi connectivity index (χ1n) is 3.63. The van der Waals surface area contributed by atoms with Crippen LogP contribution in [0.5, 0.6) is 5.75 Å². The van der Waals surface area contributed by atoms with Gasteiger partial charge in [0.15, 0.2) is 0 Å². The first-order valence-corrected chi connectivity index (χ1v) is 4.39. The molecule has 0 fully saturated rings. The Balaban J connectivity index is 3.21. The van der Waals surface area contributed by atoms with Crippen LogP contribution in [0, 0.1) is 0 Å². The van der Waals surface area contributed by atoms with Crippen molar-refractivity contribution in [2.24, 2.45) is 5.11 Å². The highest BCUT2D eigenvalue weighted by molar-refractivity contribution is 6.43. The van der Waals surface area contributed by atoms with Gasteiger partial charge in [0.05, 0.1) is 5.02 Å². The monoisotopic (exact) mass is 271 g/mol. The molecule has 0 heterocycles. The summed E-state index contributed by atoms with van der Waals surface area (Å²) in [4.78, 5) is 2.40. The fraction of sp³-hybridized carbons (Fsp3) is 0.143. The van der Waals surface area contributed by atoms with Crippen molar-refractivity contribution in [1.82, 2.24) is 0 Å². The smallest absolute Gasteiger partial charge is 0.404 e. The highest BCUT2D eigenvalue weighted by Crippen LogP contribution is 2.38. The van der Waals surface area contributed by atoms with Gasteiger partial charge in [-0.15, -0.1) is 13.2 Å². The Labute approximate surface area is 97.1 Å². The quantitative estimate of drug-likeness (QED) is 0.432. The molecule has 0 saturated carbocycles. The maximum absolute atomic E-state index is 11.9. The second-order valence-corrected chi connectivity index (χ2v) is 3.26. The van der Waals surface area contributed by atoms with Gasteiger partial charge in [0.1, 0.15) is 10.8 Å². The molecule has 1 aromatic carbocycles. The minimum atomic E-state index is -4.90. The maximum atomic E-state index is 11.9. The molecular formula is C7H2Cl2F3N3O. The number of hydrogen-bond acceptors (Lipinski definition) is 2. The van der Waals surface area contributed by atoms with Gasteiger partial charge in [-0.1, -0.05) is 28.3 Å². The van der Waals surface area contributed by atoms with Crippen molar-refractivity contribution in [3.05, 3.63) is 32.6 Å². The SMILES string of the molecule is [N-]=[N+]=Nc1cc(Cl)c(Cl)c(OC(F)(F)F)c1. The highest BCUT2D eigenvalue weighted by atomic mass is 35.5. The normalized spacial score (nSPS) is 10.8. The van der Waals surface area contributed by atoms with Crippen LogP contribution in [0.4, 0.5) is 18.9 Å². The summed E-state index contributed by atoms with van der Waals surface area (Å²) in [5.41, 5.74) is 7.99. The summed E-state index contributed by atoms with van der Waals surface area (Å²) >= 11 is 11.0. The third-order valence-corrected chi connectivity index (χ3v) is 2.15. The molecule has 0 unspecified atom stereocenters. The largest absolute Gasteiger partial charge is 0.573 e. The maximum Gasteiger partial charge on any atom is 0.573 e. The lowest BCUT2D eigenvalue weighted by molar-refractivity contribution is -0.274. The van der Waals surface area contributed by atoms with Crippen LogP contribution in [0.25, 0.3) is 10.4 Å². The predicted octanol–water partition coefficient (Wildman–Crippen LogP) is 4.83. The molecule has 0 aliphatic heterocycles. The van der Waals surface area contributed by atoms with Gasteiger partial charge in [0.2, 0.25) is 0 Å². The van der Waals surface area contributed by atoms with E-state index in [0.717, 1.165) is 12.1 Å². The second-order valence-electron chi connectivity index (χ2n) is 2.48. The van der Waals surface area contributed by atoms with Crippen LogP contribution in [0.3, 0.4) is 0 Å². The molecular weight excluding hydrogens is 270 g/mol. The molecule has 16 heavy (non-hydrogen) atoms. The number of ether oxygens (including phenoxy) is 1. The Hall–Kier alpha value is -1.30. The van der Waals surface area contributed by atoms with E-state index in [1.54, 1.807) is 0 Å². The fourth-order valence-electron chi connectivity index (χ4n) is 0.859. The third-order valence-electron chi connectivity index (χ3n) is 1.37. The van der Waals surface area contributed by atoms with Gasteiger partial charge in [0.25, 0.3) is 0 Å². The molecule has 0 amide bonds. The Morgan fingerprint density at radius 3 is 2.44 bits per heavy atom. The summed E-state index contributed by atoms with van der Waals surface area (Å²) in [5, 5.41) is 2.48. The molecule has 0 aliphatic rings. The molecule has 1 rings (SSSR count). The van der Waals surface area contributed by atoms with Gasteiger partial charge in [-0.2, -0.15) is 0 Å². The predicted molar refractivity (Wildman–Crippen MR) is 52.0 cm³/mol. The number of halogens is 5. The Bertz CT molecular complexity index is 457. The minimum absolute atomic E-state index is 0.129. The number of nitrogens with zero attached hydrogens (tertiary/aromatic N) is 3. The first kappa shape index (κ1) is 12.8. The average Bonchev–Trinajstić information content (AvgIpc) is 2.11. The standard InChI is InChI=1S/C7H2Cl2F3N3O/c8-4-1-3(14-15-13)2-5(6(4)9)16-7(10,11)12/h1-2H. The zero-order valence-corrected chi connectivity index (χ0v) is 8.81. The molecule has 0 atom stereocenters. The molecule has 0 spiro atoms. The van der Waals surface area contributed by atoms with Crippen molar-refractivity contribution in [3.63, 3.8) is 0 Å². The van der Waals surface area contributed by atoms with Crippen molar-refractivity contribution >= 4 is 28.9 Å². The summed E-state index contributed by atoms with van der Waals surface area (Å²) in [5.74, 6) is -0.718. The van der Waals surface area contributed by atoms with E-state index in [1.165, 1.54) is 0 Å². The van der Waals surface area contributed by atoms with Crippen LogP contribution in [0.1, 0.15) is 0 Å². The van der Waals surface area contributed by atoms with Gasteiger partial charge >= 0.3 is 6.36 Å². The lowest BCUT2D eigenvalue weighted by Gasteiger charge is -2.11. The van der Waals surface area contributed by atoms with Crippen LogP contribution in [-0.4, -0.2) is 6.36 Å². The molecule has 1 aromatic rings. The Kier molecular flexibility index (Phi) is 3.74. The van der Waals surface area contributed by atoms with Gasteiger partial charge < -0.3 is 4.74 Å². The van der Waals surface area contributed by atoms with E-state index >= 15 is 0 Å². The lowest BCUT2D eigenvalue weighted by atomic mass is 10.3. The number of rotatable bonds is 2. The zero-order valence-electron chi connectivity index (χ0n) is 7.29. The second kappa shape index (κ2) is 4.69. The number of azide groups is 1. The number of hydrogen-bond donors (Lipinski definition) is 0. The van der Waals surface area contributed by atoms with Crippen molar-refractivity contribution in [2.75, 3.05) is 0 Å². The van der Waals surface area contributed by atoms with E-state index in [0.29, 0.717) is 0 Å². The first-order chi connectivity index (χ1) is 7.33. The summed E-state index contributed by atoms with van der Waals surface area (Å²) < 4.78 is 39.4. The van der Waals surface area contributed by atoms with Crippen LogP contribution in [-0.2, 0) is 0 Å². The van der Waals surface area contributed by atoms with E-state index in [4.69, 9.17) is 28.7 Å². The van der Waals surface area contributed by atoms with Crippen LogP contribution in [0.15, 0.2) is 17.2 Å². The zero-order chi connectivity index (χ0) is 12.3. The van der Waals surface area contributed by atoms with Crippen LogP contribution in [0.2, 0.25) is 10.0 Å². The van der Waals surface area contributed by atoms with Gasteiger partial charge in [0, 0.05) is 10.6 Å². The summed E-state index contributed by atoms with van der Waals surface area (Å²) in [7, 11) is 0. The molecule has 0 aromatic heterocycles. The van der Waals surface area contributed by atoms with E-state index in [9.17, 15) is 13.2 Å². The molecule has 86 valence electrons. The summed E-state index contributed by atoms with van der Waals surface area (Å²) in [6.07, 6.45) is -4.90. The molecule has 0 bridgehead atoms. The highest BCUT2D eigenvalue weighted by Gasteiger charge is 2.32. The van der Waals surface area contributed by atoms with Gasteiger partial charge in [-0.05, 0) is 17.7 Å². The molecule has 0 saturated heterocycles. The van der Waals surface area contributed by atoms with Crippen molar-refractivity contribution < 1.29 is 17.9 Å². The van der Waals surface area contributed by atoms with Gasteiger partial charge in [-0.25, -0.2) is 0 Å². The number of benzene rings is 1. The Morgan fingerprint density at radius 1 is 1.31 bits per heavy atom. The topological polar surface area (TPSA) is 58.0 Å². The van der Waals surface area contributed by atoms with E-state index in [2.05, 4.69) is 14.8 Å². The molecule has 4 nitrogen and oxygen atoms in total. The molecule has 0 N–H and O–H groups in total. The molecule has 0 radical (unpaired) electrons. The minimum Gasteiger partial charge on any atom is -0.404 e. The molecule has 9 heteroatoms. The van der Waals surface area contributed by atoms with E-state index in [-0.39, 0.29) is 10.7 Å². The summed E-state index contributed by atoms with van der Waals surface area (Å²) in [6, 6.07) is 1.95. The van der Waals surface area contributed by atoms with E-state index < -0.39 is 17.1 Å². The van der Waals surface area contributed by atoms with Crippen molar-refractivity contribution in [3.8, 4) is 5.75 Å². The Morgan fingerprint density at radius 2 is 1.94 bits per heavy atom. The van der Waals surface area contributed by atoms with Gasteiger partial charge in [-0.3, -0.25) is 0 Å². The van der Waals surface area contributed by atoms with Crippen molar-refractivity contribution in [2.45, 2.75) is 6.36 Å². The lowest BCUT2D eigenvalue weighted by Crippen LogP contribution is -2.17. The molecule has 0 aliphatic carbocycles. The summed E-state index contributed by atoms with van der Waals surface area (Å²) in [6.45, 7) is 0. The van der Waals surface area contributed by atoms with Crippen molar-refractivity contribution in [1.29, 1.82) is 0 Å². The van der Waals surface area contributed by atoms with E-state index in [1.807, 2.05) is 0 Å². The third kappa shape index (κ3) is 3.37.